The Hall–Kier alpha value is -2.66. The van der Waals surface area contributed by atoms with Crippen molar-refractivity contribution < 1.29 is 19.6 Å². The fourth-order valence-corrected chi connectivity index (χ4v) is 3.83. The molecule has 3 rings (SSSR count). The zero-order chi connectivity index (χ0) is 21.7. The summed E-state index contributed by atoms with van der Waals surface area (Å²) in [6.45, 7) is 3.87. The quantitative estimate of drug-likeness (QED) is 0.367. The minimum Gasteiger partial charge on any atom is -0.339 e. The van der Waals surface area contributed by atoms with Crippen molar-refractivity contribution in [1.29, 1.82) is 0 Å². The fourth-order valence-electron chi connectivity index (χ4n) is 3.31. The molecule has 0 spiro atoms. The lowest BCUT2D eigenvalue weighted by Gasteiger charge is -2.37. The van der Waals surface area contributed by atoms with E-state index in [0.717, 1.165) is 14.8 Å². The van der Waals surface area contributed by atoms with E-state index in [4.69, 9.17) is 5.21 Å². The molecule has 1 aliphatic rings. The van der Waals surface area contributed by atoms with Crippen LogP contribution in [0, 0.1) is 3.57 Å². The Morgan fingerprint density at radius 3 is 2.23 bits per heavy atom. The molecule has 2 aromatic carbocycles. The Labute approximate surface area is 188 Å². The Morgan fingerprint density at radius 2 is 1.67 bits per heavy atom. The van der Waals surface area contributed by atoms with Crippen LogP contribution in [0.4, 0.5) is 10.5 Å². The number of anilines is 1. The van der Waals surface area contributed by atoms with Gasteiger partial charge in [-0.2, -0.15) is 0 Å². The van der Waals surface area contributed by atoms with Crippen molar-refractivity contribution in [3.8, 4) is 0 Å². The van der Waals surface area contributed by atoms with Crippen molar-refractivity contribution in [2.24, 2.45) is 0 Å². The average Bonchev–Trinajstić information content (AvgIpc) is 2.77. The van der Waals surface area contributed by atoms with Crippen LogP contribution in [0.3, 0.4) is 0 Å². The molecule has 1 aliphatic heterocycles. The lowest BCUT2D eigenvalue weighted by Crippen LogP contribution is -2.53. The highest BCUT2D eigenvalue weighted by atomic mass is 127. The Balaban J connectivity index is 1.81. The van der Waals surface area contributed by atoms with Crippen molar-refractivity contribution >= 4 is 46.1 Å². The van der Waals surface area contributed by atoms with E-state index in [-0.39, 0.29) is 11.9 Å². The molecule has 0 bridgehead atoms. The number of hydroxylamine groups is 1. The third kappa shape index (κ3) is 5.28. The van der Waals surface area contributed by atoms with Crippen LogP contribution in [-0.4, -0.2) is 59.0 Å². The molecule has 0 aliphatic carbocycles. The number of halogens is 1. The summed E-state index contributed by atoms with van der Waals surface area (Å²) in [7, 11) is 0. The molecule has 0 unspecified atom stereocenters. The van der Waals surface area contributed by atoms with Crippen LogP contribution in [0.5, 0.6) is 0 Å². The van der Waals surface area contributed by atoms with Gasteiger partial charge in [-0.1, -0.05) is 18.2 Å². The van der Waals surface area contributed by atoms with Crippen LogP contribution in [0.15, 0.2) is 48.5 Å². The molecule has 2 N–H and O–H groups in total. The van der Waals surface area contributed by atoms with Crippen molar-refractivity contribution in [3.05, 3.63) is 63.2 Å². The maximum Gasteiger partial charge on any atom is 0.324 e. The van der Waals surface area contributed by atoms with Gasteiger partial charge in [0.1, 0.15) is 0 Å². The van der Waals surface area contributed by atoms with Crippen LogP contribution in [-0.2, 0) is 11.3 Å². The first kappa shape index (κ1) is 22.0. The minimum absolute atomic E-state index is 0.0172. The average molecular weight is 522 g/mol. The van der Waals surface area contributed by atoms with E-state index in [9.17, 15) is 14.4 Å². The zero-order valence-electron chi connectivity index (χ0n) is 16.5. The normalized spacial score (nSPS) is 13.7. The molecule has 0 atom stereocenters. The topological polar surface area (TPSA) is 93.2 Å². The second kappa shape index (κ2) is 9.90. The van der Waals surface area contributed by atoms with Gasteiger partial charge in [0.05, 0.1) is 6.54 Å². The molecule has 4 amide bonds. The van der Waals surface area contributed by atoms with Gasteiger partial charge in [0.15, 0.2) is 0 Å². The van der Waals surface area contributed by atoms with Gasteiger partial charge in [0, 0.05) is 47.9 Å². The third-order valence-corrected chi connectivity index (χ3v) is 5.68. The van der Waals surface area contributed by atoms with Gasteiger partial charge >= 0.3 is 6.03 Å². The van der Waals surface area contributed by atoms with E-state index in [1.807, 2.05) is 24.3 Å². The number of urea groups is 1. The monoisotopic (exact) mass is 522 g/mol. The Kier molecular flexibility index (Phi) is 7.27. The molecule has 1 fully saturated rings. The molecule has 1 saturated heterocycles. The molecular weight excluding hydrogens is 499 g/mol. The van der Waals surface area contributed by atoms with Gasteiger partial charge in [-0.25, -0.2) is 10.3 Å². The first-order valence-corrected chi connectivity index (χ1v) is 10.6. The number of benzene rings is 2. The maximum atomic E-state index is 13.4. The largest absolute Gasteiger partial charge is 0.339 e. The predicted molar refractivity (Wildman–Crippen MR) is 120 cm³/mol. The molecule has 0 saturated carbocycles. The zero-order valence-corrected chi connectivity index (χ0v) is 18.7. The van der Waals surface area contributed by atoms with Gasteiger partial charge in [-0.15, -0.1) is 0 Å². The third-order valence-electron chi connectivity index (χ3n) is 5.00. The summed E-state index contributed by atoms with van der Waals surface area (Å²) in [4.78, 5) is 41.7. The summed E-state index contributed by atoms with van der Waals surface area (Å²) in [5.74, 6) is -0.570. The maximum absolute atomic E-state index is 13.4. The van der Waals surface area contributed by atoms with E-state index < -0.39 is 5.91 Å². The van der Waals surface area contributed by atoms with Crippen LogP contribution in [0.2, 0.25) is 0 Å². The number of rotatable bonds is 4. The summed E-state index contributed by atoms with van der Waals surface area (Å²) < 4.78 is 1.01. The van der Waals surface area contributed by atoms with E-state index in [0.29, 0.717) is 38.3 Å². The lowest BCUT2D eigenvalue weighted by molar-refractivity contribution is -0.130. The SMILES string of the molecule is CC(=O)N1CCN(C(=O)N(Cc2ccc(C(=O)NO)cc2)c2cccc(I)c2)CC1. The number of nitrogens with one attached hydrogen (secondary N) is 1. The number of nitrogens with zero attached hydrogens (tertiary/aromatic N) is 3. The number of amides is 4. The van der Waals surface area contributed by atoms with Crippen molar-refractivity contribution in [3.63, 3.8) is 0 Å². The van der Waals surface area contributed by atoms with Crippen molar-refractivity contribution in [1.82, 2.24) is 15.3 Å². The molecular formula is C21H23IN4O4. The molecule has 8 nitrogen and oxygen atoms in total. The summed E-state index contributed by atoms with van der Waals surface area (Å²) >= 11 is 2.21. The smallest absolute Gasteiger partial charge is 0.324 e. The minimum atomic E-state index is -0.588. The number of carbonyl (C=O) groups is 3. The molecule has 158 valence electrons. The van der Waals surface area contributed by atoms with Crippen molar-refractivity contribution in [2.75, 3.05) is 31.1 Å². The van der Waals surface area contributed by atoms with E-state index in [2.05, 4.69) is 22.6 Å². The molecule has 1 heterocycles. The summed E-state index contributed by atoms with van der Waals surface area (Å²) in [5, 5.41) is 8.76. The van der Waals surface area contributed by atoms with E-state index in [1.54, 1.807) is 44.4 Å². The Morgan fingerprint density at radius 1 is 1.03 bits per heavy atom. The van der Waals surface area contributed by atoms with Gasteiger partial charge in [-0.3, -0.25) is 19.7 Å². The number of hydrogen-bond acceptors (Lipinski definition) is 4. The molecule has 9 heteroatoms. The standard InChI is InChI=1S/C21H23IN4O4/c1-15(27)24-9-11-25(12-10-24)21(29)26(19-4-2-3-18(22)13-19)14-16-5-7-17(8-6-16)20(28)23-30/h2-8,13,30H,9-12,14H2,1H3,(H,23,28). The first-order chi connectivity index (χ1) is 14.4. The van der Waals surface area contributed by atoms with Crippen LogP contribution >= 0.6 is 22.6 Å². The molecule has 30 heavy (non-hydrogen) atoms. The van der Waals surface area contributed by atoms with E-state index in [1.165, 1.54) is 6.92 Å². The van der Waals surface area contributed by atoms with Crippen LogP contribution in [0.1, 0.15) is 22.8 Å². The summed E-state index contributed by atoms with van der Waals surface area (Å²) in [5.41, 5.74) is 3.56. The highest BCUT2D eigenvalue weighted by Gasteiger charge is 2.27. The fraction of sp³-hybridized carbons (Fsp3) is 0.286. The lowest BCUT2D eigenvalue weighted by atomic mass is 10.1. The molecule has 2 aromatic rings. The van der Waals surface area contributed by atoms with Gasteiger partial charge < -0.3 is 9.80 Å². The Bertz CT molecular complexity index is 927. The number of piperazine rings is 1. The number of carbonyl (C=O) groups excluding carboxylic acids is 3. The second-order valence-corrected chi connectivity index (χ2v) is 8.23. The summed E-state index contributed by atoms with van der Waals surface area (Å²) in [6, 6.07) is 14.3. The molecule has 0 radical (unpaired) electrons. The van der Waals surface area contributed by atoms with Crippen LogP contribution in [0.25, 0.3) is 0 Å². The van der Waals surface area contributed by atoms with Gasteiger partial charge in [0.25, 0.3) is 5.91 Å². The van der Waals surface area contributed by atoms with Gasteiger partial charge in [-0.05, 0) is 58.5 Å². The highest BCUT2D eigenvalue weighted by Crippen LogP contribution is 2.22. The number of hydrogen-bond donors (Lipinski definition) is 2. The second-order valence-electron chi connectivity index (χ2n) is 6.98. The van der Waals surface area contributed by atoms with Gasteiger partial charge in [0.2, 0.25) is 5.91 Å². The predicted octanol–water partition coefficient (Wildman–Crippen LogP) is 2.70. The van der Waals surface area contributed by atoms with Crippen molar-refractivity contribution in [2.45, 2.75) is 13.5 Å². The summed E-state index contributed by atoms with van der Waals surface area (Å²) in [6.07, 6.45) is 0. The highest BCUT2D eigenvalue weighted by molar-refractivity contribution is 14.1. The first-order valence-electron chi connectivity index (χ1n) is 9.50. The van der Waals surface area contributed by atoms with E-state index >= 15 is 0 Å². The van der Waals surface area contributed by atoms with Crippen LogP contribution < -0.4 is 10.4 Å². The molecule has 0 aromatic heterocycles.